The summed E-state index contributed by atoms with van der Waals surface area (Å²) >= 11 is 0. The van der Waals surface area contributed by atoms with Crippen molar-refractivity contribution in [2.75, 3.05) is 6.61 Å². The lowest BCUT2D eigenvalue weighted by Gasteiger charge is -2.22. The Morgan fingerprint density at radius 1 is 1.37 bits per heavy atom. The fourth-order valence-electron chi connectivity index (χ4n) is 1.94. The second-order valence-electron chi connectivity index (χ2n) is 5.48. The van der Waals surface area contributed by atoms with Crippen LogP contribution in [0.1, 0.15) is 41.0 Å². The van der Waals surface area contributed by atoms with Gasteiger partial charge in [-0.1, -0.05) is 20.8 Å². The van der Waals surface area contributed by atoms with Crippen molar-refractivity contribution in [1.29, 1.82) is 0 Å². The SMILES string of the molecule is CC(=O)O/C(C1=CCCO1)=C(\C)C(=C=O)C(C)(C)C. The molecule has 1 aliphatic heterocycles. The average Bonchev–Trinajstić information content (AvgIpc) is 2.77. The first-order valence-corrected chi connectivity index (χ1v) is 6.26. The molecule has 1 rings (SSSR count). The number of ether oxygens (including phenoxy) is 2. The fourth-order valence-corrected chi connectivity index (χ4v) is 1.94. The zero-order valence-corrected chi connectivity index (χ0v) is 12.1. The summed E-state index contributed by atoms with van der Waals surface area (Å²) in [7, 11) is 0. The van der Waals surface area contributed by atoms with Crippen LogP contribution in [0.4, 0.5) is 0 Å². The van der Waals surface area contributed by atoms with E-state index in [2.05, 4.69) is 0 Å². The van der Waals surface area contributed by atoms with E-state index in [9.17, 15) is 9.59 Å². The third-order valence-corrected chi connectivity index (χ3v) is 2.74. The molecule has 19 heavy (non-hydrogen) atoms. The normalized spacial score (nSPS) is 15.9. The summed E-state index contributed by atoms with van der Waals surface area (Å²) in [5.74, 6) is 2.35. The molecule has 0 atom stereocenters. The molecule has 0 amide bonds. The van der Waals surface area contributed by atoms with E-state index >= 15 is 0 Å². The molecule has 0 spiro atoms. The molecule has 0 N–H and O–H groups in total. The number of allylic oxidation sites excluding steroid dienone is 2. The van der Waals surface area contributed by atoms with Gasteiger partial charge in [0.25, 0.3) is 0 Å². The Labute approximate surface area is 113 Å². The first-order chi connectivity index (χ1) is 8.77. The second kappa shape index (κ2) is 5.89. The third-order valence-electron chi connectivity index (χ3n) is 2.74. The van der Waals surface area contributed by atoms with Crippen molar-refractivity contribution in [2.45, 2.75) is 41.0 Å². The van der Waals surface area contributed by atoms with Gasteiger partial charge in [0.2, 0.25) is 0 Å². The molecule has 104 valence electrons. The Morgan fingerprint density at radius 2 is 2.00 bits per heavy atom. The van der Waals surface area contributed by atoms with Crippen molar-refractivity contribution in [3.63, 3.8) is 0 Å². The number of hydrogen-bond acceptors (Lipinski definition) is 4. The molecular formula is C15H20O4. The lowest BCUT2D eigenvalue weighted by atomic mass is 9.83. The van der Waals surface area contributed by atoms with Crippen LogP contribution in [0.25, 0.3) is 0 Å². The van der Waals surface area contributed by atoms with Gasteiger partial charge in [-0.05, 0) is 18.4 Å². The monoisotopic (exact) mass is 264 g/mol. The molecule has 1 heterocycles. The minimum absolute atomic E-state index is 0.318. The summed E-state index contributed by atoms with van der Waals surface area (Å²) in [4.78, 5) is 22.4. The number of carbonyl (C=O) groups excluding carboxylic acids is 2. The molecule has 0 fully saturated rings. The first kappa shape index (κ1) is 15.3. The molecular weight excluding hydrogens is 244 g/mol. The summed E-state index contributed by atoms with van der Waals surface area (Å²) in [6, 6.07) is 0. The van der Waals surface area contributed by atoms with Gasteiger partial charge in [0, 0.05) is 24.5 Å². The minimum Gasteiger partial charge on any atom is -0.490 e. The van der Waals surface area contributed by atoms with Crippen molar-refractivity contribution >= 4 is 11.9 Å². The Kier molecular flexibility index (Phi) is 4.73. The van der Waals surface area contributed by atoms with Crippen molar-refractivity contribution < 1.29 is 19.1 Å². The maximum absolute atomic E-state index is 11.2. The molecule has 0 unspecified atom stereocenters. The maximum Gasteiger partial charge on any atom is 0.308 e. The zero-order valence-electron chi connectivity index (χ0n) is 12.1. The average molecular weight is 264 g/mol. The molecule has 0 saturated carbocycles. The summed E-state index contributed by atoms with van der Waals surface area (Å²) < 4.78 is 10.6. The highest BCUT2D eigenvalue weighted by Crippen LogP contribution is 2.34. The molecule has 0 radical (unpaired) electrons. The molecule has 0 aliphatic carbocycles. The molecule has 0 aromatic heterocycles. The molecule has 0 aromatic carbocycles. The molecule has 0 bridgehead atoms. The van der Waals surface area contributed by atoms with E-state index in [4.69, 9.17) is 9.47 Å². The zero-order chi connectivity index (χ0) is 14.6. The largest absolute Gasteiger partial charge is 0.490 e. The number of esters is 1. The lowest BCUT2D eigenvalue weighted by Crippen LogP contribution is -2.15. The highest BCUT2D eigenvalue weighted by molar-refractivity contribution is 5.70. The predicted molar refractivity (Wildman–Crippen MR) is 71.8 cm³/mol. The molecule has 4 nitrogen and oxygen atoms in total. The Balaban J connectivity index is 3.30. The fraction of sp³-hybridized carbons (Fsp3) is 0.533. The van der Waals surface area contributed by atoms with Crippen LogP contribution in [-0.4, -0.2) is 18.5 Å². The van der Waals surface area contributed by atoms with E-state index in [0.29, 0.717) is 29.3 Å². The summed E-state index contributed by atoms with van der Waals surface area (Å²) in [6.45, 7) is 9.35. The van der Waals surface area contributed by atoms with Gasteiger partial charge < -0.3 is 9.47 Å². The van der Waals surface area contributed by atoms with Gasteiger partial charge in [0.1, 0.15) is 5.94 Å². The molecule has 0 aromatic rings. The van der Waals surface area contributed by atoms with Crippen LogP contribution in [-0.2, 0) is 19.1 Å². The van der Waals surface area contributed by atoms with Gasteiger partial charge in [0.15, 0.2) is 11.5 Å². The van der Waals surface area contributed by atoms with Gasteiger partial charge in [-0.15, -0.1) is 0 Å². The molecule has 4 heteroatoms. The van der Waals surface area contributed by atoms with Crippen LogP contribution in [0.5, 0.6) is 0 Å². The second-order valence-corrected chi connectivity index (χ2v) is 5.48. The quantitative estimate of drug-likeness (QED) is 0.340. The molecule has 1 aliphatic rings. The van der Waals surface area contributed by atoms with E-state index in [0.717, 1.165) is 6.42 Å². The predicted octanol–water partition coefficient (Wildman–Crippen LogP) is 2.93. The van der Waals surface area contributed by atoms with E-state index in [-0.39, 0.29) is 5.41 Å². The van der Waals surface area contributed by atoms with Gasteiger partial charge in [0.05, 0.1) is 6.61 Å². The molecule has 0 saturated heterocycles. The van der Waals surface area contributed by atoms with Gasteiger partial charge in [-0.25, -0.2) is 4.79 Å². The van der Waals surface area contributed by atoms with E-state index in [1.807, 2.05) is 32.8 Å². The standard InChI is InChI=1S/C15H20O4/c1-10(12(9-16)15(3,4)5)14(19-11(2)17)13-7-6-8-18-13/h7H,6,8H2,1-5H3/b14-10+. The van der Waals surface area contributed by atoms with Gasteiger partial charge >= 0.3 is 5.97 Å². The van der Waals surface area contributed by atoms with Crippen molar-refractivity contribution in [1.82, 2.24) is 0 Å². The third kappa shape index (κ3) is 3.83. The van der Waals surface area contributed by atoms with Crippen LogP contribution in [0.3, 0.4) is 0 Å². The number of carbonyl (C=O) groups is 1. The highest BCUT2D eigenvalue weighted by Gasteiger charge is 2.26. The van der Waals surface area contributed by atoms with Gasteiger partial charge in [-0.2, -0.15) is 0 Å². The van der Waals surface area contributed by atoms with E-state index in [1.54, 1.807) is 6.92 Å². The van der Waals surface area contributed by atoms with Crippen LogP contribution in [0.15, 0.2) is 28.7 Å². The minimum atomic E-state index is -0.440. The van der Waals surface area contributed by atoms with Crippen LogP contribution in [0.2, 0.25) is 0 Å². The Morgan fingerprint density at radius 3 is 2.37 bits per heavy atom. The van der Waals surface area contributed by atoms with Crippen molar-refractivity contribution in [3.8, 4) is 0 Å². The first-order valence-electron chi connectivity index (χ1n) is 6.26. The highest BCUT2D eigenvalue weighted by atomic mass is 16.6. The smallest absolute Gasteiger partial charge is 0.308 e. The van der Waals surface area contributed by atoms with Crippen LogP contribution >= 0.6 is 0 Å². The summed E-state index contributed by atoms with van der Waals surface area (Å²) in [5, 5.41) is 0. The number of hydrogen-bond donors (Lipinski definition) is 0. The summed E-state index contributed by atoms with van der Waals surface area (Å²) in [6.07, 6.45) is 2.62. The van der Waals surface area contributed by atoms with E-state index < -0.39 is 5.97 Å². The van der Waals surface area contributed by atoms with Gasteiger partial charge in [-0.3, -0.25) is 4.79 Å². The summed E-state index contributed by atoms with van der Waals surface area (Å²) in [5.41, 5.74) is 0.683. The van der Waals surface area contributed by atoms with E-state index in [1.165, 1.54) is 6.92 Å². The maximum atomic E-state index is 11.2. The van der Waals surface area contributed by atoms with Crippen LogP contribution < -0.4 is 0 Å². The Hall–Kier alpha value is -1.80. The van der Waals surface area contributed by atoms with Crippen LogP contribution in [0, 0.1) is 5.41 Å². The Bertz CT molecular complexity index is 483. The topological polar surface area (TPSA) is 52.6 Å². The van der Waals surface area contributed by atoms with Crippen molar-refractivity contribution in [2.24, 2.45) is 5.41 Å². The lowest BCUT2D eigenvalue weighted by molar-refractivity contribution is -0.137. The number of rotatable bonds is 3. The van der Waals surface area contributed by atoms with Crippen molar-refractivity contribution in [3.05, 3.63) is 28.7 Å².